The first-order valence-electron chi connectivity index (χ1n) is 9.17. The van der Waals surface area contributed by atoms with Gasteiger partial charge in [-0.05, 0) is 36.7 Å². The normalized spacial score (nSPS) is 17.0. The molecule has 140 valence electrons. The van der Waals surface area contributed by atoms with Gasteiger partial charge in [-0.2, -0.15) is 0 Å². The van der Waals surface area contributed by atoms with E-state index in [0.29, 0.717) is 18.4 Å². The van der Waals surface area contributed by atoms with Gasteiger partial charge in [-0.25, -0.2) is 8.42 Å². The predicted octanol–water partition coefficient (Wildman–Crippen LogP) is 2.74. The molecule has 0 spiro atoms. The number of rotatable bonds is 9. The van der Waals surface area contributed by atoms with Crippen molar-refractivity contribution in [1.29, 1.82) is 0 Å². The van der Waals surface area contributed by atoms with Gasteiger partial charge in [-0.3, -0.25) is 4.99 Å². The maximum absolute atomic E-state index is 12.2. The Hall–Kier alpha value is -1.56. The minimum atomic E-state index is -3.07. The van der Waals surface area contributed by atoms with Gasteiger partial charge >= 0.3 is 0 Å². The summed E-state index contributed by atoms with van der Waals surface area (Å²) in [7, 11) is -1.32. The fourth-order valence-corrected chi connectivity index (χ4v) is 4.65. The van der Waals surface area contributed by atoms with Gasteiger partial charge in [0.2, 0.25) is 0 Å². The lowest BCUT2D eigenvalue weighted by atomic mass is 9.67. The third-order valence-corrected chi connectivity index (χ3v) is 6.86. The lowest BCUT2D eigenvalue weighted by molar-refractivity contribution is 0.131. The van der Waals surface area contributed by atoms with Gasteiger partial charge in [0.25, 0.3) is 0 Å². The van der Waals surface area contributed by atoms with Gasteiger partial charge in [0.15, 0.2) is 15.8 Å². The maximum atomic E-state index is 12.2. The number of hydrogen-bond donors (Lipinski definition) is 2. The third kappa shape index (κ3) is 6.34. The number of nitrogens with one attached hydrogen (secondary N) is 2. The number of hydrogen-bond acceptors (Lipinski definition) is 3. The summed E-state index contributed by atoms with van der Waals surface area (Å²) in [6.07, 6.45) is 5.65. The number of nitrogens with zero attached hydrogens (tertiary/aromatic N) is 1. The van der Waals surface area contributed by atoms with E-state index >= 15 is 0 Å². The molecule has 0 bridgehead atoms. The fraction of sp³-hybridized carbons (Fsp3) is 0.632. The Balaban J connectivity index is 1.68. The number of benzene rings is 1. The van der Waals surface area contributed by atoms with Crippen LogP contribution in [0.3, 0.4) is 0 Å². The van der Waals surface area contributed by atoms with Crippen LogP contribution in [0.25, 0.3) is 0 Å². The van der Waals surface area contributed by atoms with Crippen LogP contribution in [0.4, 0.5) is 0 Å². The molecule has 1 saturated carbocycles. The Labute approximate surface area is 152 Å². The van der Waals surface area contributed by atoms with E-state index in [-0.39, 0.29) is 11.5 Å². The summed E-state index contributed by atoms with van der Waals surface area (Å²) < 4.78 is 24.4. The molecule has 25 heavy (non-hydrogen) atoms. The molecule has 0 saturated heterocycles. The highest BCUT2D eigenvalue weighted by atomic mass is 32.2. The van der Waals surface area contributed by atoms with Gasteiger partial charge < -0.3 is 10.6 Å². The molecule has 2 N–H and O–H groups in total. The minimum absolute atomic E-state index is 0.111. The quantitative estimate of drug-likeness (QED) is 0.401. The largest absolute Gasteiger partial charge is 0.356 e. The summed E-state index contributed by atoms with van der Waals surface area (Å²) in [6.45, 7) is 3.79. The molecule has 1 aliphatic rings. The molecule has 0 radical (unpaired) electrons. The molecule has 5 nitrogen and oxygen atoms in total. The SMILES string of the molecule is CCC1(CNC(=NC)NCCCS(=O)(=O)Cc2ccccc2)CCC1. The van der Waals surface area contributed by atoms with Crippen LogP contribution in [0.1, 0.15) is 44.6 Å². The Morgan fingerprint density at radius 2 is 1.92 bits per heavy atom. The van der Waals surface area contributed by atoms with Crippen molar-refractivity contribution in [2.24, 2.45) is 10.4 Å². The molecular formula is C19H31N3O2S. The topological polar surface area (TPSA) is 70.6 Å². The Kier molecular flexibility index (Phi) is 7.29. The first kappa shape index (κ1) is 19.8. The van der Waals surface area contributed by atoms with Crippen molar-refractivity contribution >= 4 is 15.8 Å². The summed E-state index contributed by atoms with van der Waals surface area (Å²) in [6, 6.07) is 9.34. The van der Waals surface area contributed by atoms with Gasteiger partial charge in [-0.1, -0.05) is 43.7 Å². The number of aliphatic imine (C=N–C) groups is 1. The van der Waals surface area contributed by atoms with E-state index in [1.165, 1.54) is 25.7 Å². The highest BCUT2D eigenvalue weighted by Gasteiger charge is 2.34. The van der Waals surface area contributed by atoms with Crippen molar-refractivity contribution in [3.8, 4) is 0 Å². The Bertz CT molecular complexity index is 647. The molecule has 0 heterocycles. The highest BCUT2D eigenvalue weighted by Crippen LogP contribution is 2.42. The van der Waals surface area contributed by atoms with Crippen molar-refractivity contribution in [2.75, 3.05) is 25.9 Å². The fourth-order valence-electron chi connectivity index (χ4n) is 3.22. The predicted molar refractivity (Wildman–Crippen MR) is 104 cm³/mol. The molecule has 1 aromatic carbocycles. The first-order chi connectivity index (χ1) is 12.0. The smallest absolute Gasteiger partial charge is 0.190 e. The second kappa shape index (κ2) is 9.22. The molecule has 1 fully saturated rings. The lowest BCUT2D eigenvalue weighted by Crippen LogP contribution is -2.46. The first-order valence-corrected chi connectivity index (χ1v) is 11.0. The van der Waals surface area contributed by atoms with Gasteiger partial charge in [-0.15, -0.1) is 0 Å². The van der Waals surface area contributed by atoms with E-state index in [4.69, 9.17) is 0 Å². The molecule has 0 amide bonds. The zero-order valence-corrected chi connectivity index (χ0v) is 16.2. The van der Waals surface area contributed by atoms with Crippen LogP contribution in [-0.2, 0) is 15.6 Å². The van der Waals surface area contributed by atoms with E-state index in [1.54, 1.807) is 7.05 Å². The van der Waals surface area contributed by atoms with Crippen molar-refractivity contribution in [2.45, 2.75) is 44.8 Å². The average Bonchev–Trinajstić information content (AvgIpc) is 2.56. The molecule has 1 aromatic rings. The van der Waals surface area contributed by atoms with Crippen molar-refractivity contribution in [3.05, 3.63) is 35.9 Å². The zero-order valence-electron chi connectivity index (χ0n) is 15.4. The molecular weight excluding hydrogens is 334 g/mol. The van der Waals surface area contributed by atoms with Gasteiger partial charge in [0.1, 0.15) is 0 Å². The van der Waals surface area contributed by atoms with Crippen molar-refractivity contribution < 1.29 is 8.42 Å². The second-order valence-electron chi connectivity index (χ2n) is 6.99. The van der Waals surface area contributed by atoms with E-state index in [1.807, 2.05) is 30.3 Å². The van der Waals surface area contributed by atoms with E-state index in [2.05, 4.69) is 22.5 Å². The van der Waals surface area contributed by atoms with Crippen LogP contribution in [-0.4, -0.2) is 40.3 Å². The molecule has 2 rings (SSSR count). The third-order valence-electron chi connectivity index (χ3n) is 5.17. The summed E-state index contributed by atoms with van der Waals surface area (Å²) in [5.74, 6) is 1.06. The zero-order chi connectivity index (χ0) is 18.2. The summed E-state index contributed by atoms with van der Waals surface area (Å²) in [4.78, 5) is 4.23. The number of guanidine groups is 1. The summed E-state index contributed by atoms with van der Waals surface area (Å²) >= 11 is 0. The molecule has 0 unspecified atom stereocenters. The van der Waals surface area contributed by atoms with Crippen molar-refractivity contribution in [3.63, 3.8) is 0 Å². The van der Waals surface area contributed by atoms with Crippen LogP contribution < -0.4 is 10.6 Å². The Morgan fingerprint density at radius 1 is 1.20 bits per heavy atom. The van der Waals surface area contributed by atoms with Crippen LogP contribution >= 0.6 is 0 Å². The van der Waals surface area contributed by atoms with Crippen molar-refractivity contribution in [1.82, 2.24) is 10.6 Å². The van der Waals surface area contributed by atoms with E-state index < -0.39 is 9.84 Å². The lowest BCUT2D eigenvalue weighted by Gasteiger charge is -2.41. The molecule has 0 atom stereocenters. The summed E-state index contributed by atoms with van der Waals surface area (Å²) in [5, 5.41) is 6.62. The van der Waals surface area contributed by atoms with Crippen LogP contribution in [0, 0.1) is 5.41 Å². The van der Waals surface area contributed by atoms with Gasteiger partial charge in [0, 0.05) is 20.1 Å². The van der Waals surface area contributed by atoms with Crippen LogP contribution in [0.5, 0.6) is 0 Å². The molecule has 0 aliphatic heterocycles. The summed E-state index contributed by atoms with van der Waals surface area (Å²) in [5.41, 5.74) is 1.27. The van der Waals surface area contributed by atoms with E-state index in [0.717, 1.165) is 18.1 Å². The van der Waals surface area contributed by atoms with Crippen LogP contribution in [0.15, 0.2) is 35.3 Å². The maximum Gasteiger partial charge on any atom is 0.190 e. The monoisotopic (exact) mass is 365 g/mol. The highest BCUT2D eigenvalue weighted by molar-refractivity contribution is 7.90. The molecule has 6 heteroatoms. The van der Waals surface area contributed by atoms with Crippen LogP contribution in [0.2, 0.25) is 0 Å². The standard InChI is InChI=1S/C19H31N3O2S/c1-3-19(11-7-12-19)16-22-18(20-2)21-13-8-14-25(23,24)15-17-9-5-4-6-10-17/h4-6,9-10H,3,7-8,11-16H2,1-2H3,(H2,20,21,22). The van der Waals surface area contributed by atoms with E-state index in [9.17, 15) is 8.42 Å². The molecule has 0 aromatic heterocycles. The Morgan fingerprint density at radius 3 is 2.48 bits per heavy atom. The molecule has 1 aliphatic carbocycles. The minimum Gasteiger partial charge on any atom is -0.356 e. The van der Waals surface area contributed by atoms with Gasteiger partial charge in [0.05, 0.1) is 11.5 Å². The average molecular weight is 366 g/mol. The number of sulfone groups is 1. The second-order valence-corrected chi connectivity index (χ2v) is 9.17.